The molecule has 24 heavy (non-hydrogen) atoms. The summed E-state index contributed by atoms with van der Waals surface area (Å²) in [6, 6.07) is 11.7. The molecule has 122 valence electrons. The van der Waals surface area contributed by atoms with Gasteiger partial charge in [0.15, 0.2) is 0 Å². The van der Waals surface area contributed by atoms with Crippen LogP contribution in [0.1, 0.15) is 16.7 Å². The molecule has 0 unspecified atom stereocenters. The molecule has 1 spiro atoms. The Morgan fingerprint density at radius 2 is 1.83 bits per heavy atom. The van der Waals surface area contributed by atoms with Crippen molar-refractivity contribution in [1.29, 1.82) is 0 Å². The van der Waals surface area contributed by atoms with Gasteiger partial charge in [0.1, 0.15) is 0 Å². The predicted molar refractivity (Wildman–Crippen MR) is 100 cm³/mol. The minimum Gasteiger partial charge on any atom is -0.323 e. The van der Waals surface area contributed by atoms with E-state index in [0.29, 0.717) is 0 Å². The number of carbonyl (C=O) groups is 2. The summed E-state index contributed by atoms with van der Waals surface area (Å²) >= 11 is 4.86. The van der Waals surface area contributed by atoms with Crippen molar-refractivity contribution in [2.75, 3.05) is 16.0 Å². The molecule has 2 aromatic carbocycles. The Morgan fingerprint density at radius 1 is 1.12 bits per heavy atom. The molecular weight excluding hydrogens is 388 g/mol. The summed E-state index contributed by atoms with van der Waals surface area (Å²) in [5.74, 6) is 0.0744. The molecule has 4 rings (SSSR count). The van der Waals surface area contributed by atoms with Crippen molar-refractivity contribution in [3.8, 4) is 0 Å². The lowest BCUT2D eigenvalue weighted by molar-refractivity contribution is -0.122. The molecule has 2 aliphatic heterocycles. The second-order valence-electron chi connectivity index (χ2n) is 6.15. The summed E-state index contributed by atoms with van der Waals surface area (Å²) in [4.78, 5) is 26.3. The third-order valence-corrected chi connectivity index (χ3v) is 6.23. The molecule has 2 aliphatic rings. The lowest BCUT2D eigenvalue weighted by Gasteiger charge is -2.32. The summed E-state index contributed by atoms with van der Waals surface area (Å²) in [6.45, 7) is 3.99. The minimum absolute atomic E-state index is 0.0482. The molecule has 0 saturated carbocycles. The van der Waals surface area contributed by atoms with Crippen LogP contribution in [0.15, 0.2) is 40.9 Å². The van der Waals surface area contributed by atoms with Crippen LogP contribution in [0, 0.1) is 13.8 Å². The normalized spacial score (nSPS) is 22.2. The Morgan fingerprint density at radius 3 is 2.54 bits per heavy atom. The highest BCUT2D eigenvalue weighted by atomic mass is 79.9. The van der Waals surface area contributed by atoms with E-state index in [1.165, 1.54) is 11.8 Å². The fraction of sp³-hybridized carbons (Fsp3) is 0.222. The molecule has 2 heterocycles. The molecule has 4 nitrogen and oxygen atoms in total. The summed E-state index contributed by atoms with van der Waals surface area (Å²) in [7, 11) is 0. The highest BCUT2D eigenvalue weighted by Crippen LogP contribution is 2.54. The van der Waals surface area contributed by atoms with Gasteiger partial charge in [-0.2, -0.15) is 0 Å². The maximum Gasteiger partial charge on any atom is 0.266 e. The highest BCUT2D eigenvalue weighted by molar-refractivity contribution is 9.10. The average Bonchev–Trinajstić information content (AvgIpc) is 2.98. The summed E-state index contributed by atoms with van der Waals surface area (Å²) in [5, 5.41) is 2.93. The second kappa shape index (κ2) is 5.36. The van der Waals surface area contributed by atoms with E-state index < -0.39 is 4.87 Å². The quantitative estimate of drug-likeness (QED) is 0.785. The Hall–Kier alpha value is -1.79. The fourth-order valence-electron chi connectivity index (χ4n) is 3.48. The predicted octanol–water partition coefficient (Wildman–Crippen LogP) is 3.95. The lowest BCUT2D eigenvalue weighted by atomic mass is 10.0. The molecule has 0 aromatic heterocycles. The number of anilines is 2. The molecule has 1 N–H and O–H groups in total. The van der Waals surface area contributed by atoms with Crippen LogP contribution in [-0.2, 0) is 14.5 Å². The standard InChI is InChI=1S/C18H15BrN2O2S/c1-10-5-11(2)7-13(6-10)21-16(22)9-24-18(21)14-8-12(19)3-4-15(14)20-17(18)23/h3-8H,9H2,1-2H3,(H,20,23)/t18-/m0/s1. The van der Waals surface area contributed by atoms with Gasteiger partial charge in [-0.1, -0.05) is 22.0 Å². The zero-order valence-electron chi connectivity index (χ0n) is 13.2. The number of fused-ring (bicyclic) bond motifs is 2. The van der Waals surface area contributed by atoms with E-state index in [4.69, 9.17) is 0 Å². The van der Waals surface area contributed by atoms with Gasteiger partial charge < -0.3 is 5.32 Å². The molecule has 1 fully saturated rings. The fourth-order valence-corrected chi connectivity index (χ4v) is 5.14. The van der Waals surface area contributed by atoms with Gasteiger partial charge in [-0.25, -0.2) is 0 Å². The summed E-state index contributed by atoms with van der Waals surface area (Å²) in [5.41, 5.74) is 4.50. The van der Waals surface area contributed by atoms with Crippen LogP contribution in [0.5, 0.6) is 0 Å². The minimum atomic E-state index is -1.03. The molecular formula is C18H15BrN2O2S. The maximum absolute atomic E-state index is 12.9. The van der Waals surface area contributed by atoms with Crippen LogP contribution in [-0.4, -0.2) is 17.6 Å². The van der Waals surface area contributed by atoms with Crippen molar-refractivity contribution in [3.63, 3.8) is 0 Å². The van der Waals surface area contributed by atoms with Crippen LogP contribution in [0.2, 0.25) is 0 Å². The third kappa shape index (κ3) is 2.13. The molecule has 0 aliphatic carbocycles. The van der Waals surface area contributed by atoms with Gasteiger partial charge in [-0.3, -0.25) is 14.5 Å². The number of hydrogen-bond acceptors (Lipinski definition) is 3. The number of amides is 2. The summed E-state index contributed by atoms with van der Waals surface area (Å²) < 4.78 is 0.887. The number of nitrogens with zero attached hydrogens (tertiary/aromatic N) is 1. The van der Waals surface area contributed by atoms with Crippen LogP contribution >= 0.6 is 27.7 Å². The van der Waals surface area contributed by atoms with Crippen LogP contribution in [0.3, 0.4) is 0 Å². The Labute approximate surface area is 152 Å². The Balaban J connectivity index is 1.96. The van der Waals surface area contributed by atoms with Crippen LogP contribution in [0.25, 0.3) is 0 Å². The zero-order valence-corrected chi connectivity index (χ0v) is 15.6. The molecule has 6 heteroatoms. The van der Waals surface area contributed by atoms with Gasteiger partial charge in [0.25, 0.3) is 5.91 Å². The molecule has 2 amide bonds. The number of nitrogens with one attached hydrogen (secondary N) is 1. The number of halogens is 1. The van der Waals surface area contributed by atoms with E-state index >= 15 is 0 Å². The van der Waals surface area contributed by atoms with E-state index in [1.54, 1.807) is 4.90 Å². The van der Waals surface area contributed by atoms with E-state index in [2.05, 4.69) is 27.3 Å². The monoisotopic (exact) mass is 402 g/mol. The molecule has 0 radical (unpaired) electrons. The van der Waals surface area contributed by atoms with Crippen molar-refractivity contribution in [2.45, 2.75) is 18.7 Å². The van der Waals surface area contributed by atoms with Crippen LogP contribution in [0.4, 0.5) is 11.4 Å². The first-order chi connectivity index (χ1) is 11.4. The Bertz CT molecular complexity index is 878. The summed E-state index contributed by atoms with van der Waals surface area (Å²) in [6.07, 6.45) is 0. The number of rotatable bonds is 1. The number of benzene rings is 2. The average molecular weight is 403 g/mol. The van der Waals surface area contributed by atoms with Gasteiger partial charge in [-0.15, -0.1) is 11.8 Å². The van der Waals surface area contributed by atoms with Crippen molar-refractivity contribution in [3.05, 3.63) is 57.6 Å². The molecule has 1 atom stereocenters. The first-order valence-corrected chi connectivity index (χ1v) is 9.36. The molecule has 0 bridgehead atoms. The number of hydrogen-bond donors (Lipinski definition) is 1. The van der Waals surface area contributed by atoms with E-state index in [-0.39, 0.29) is 17.6 Å². The molecule has 1 saturated heterocycles. The second-order valence-corrected chi connectivity index (χ2v) is 8.24. The van der Waals surface area contributed by atoms with Gasteiger partial charge in [0.2, 0.25) is 10.8 Å². The first kappa shape index (κ1) is 15.7. The largest absolute Gasteiger partial charge is 0.323 e. The van der Waals surface area contributed by atoms with E-state index in [9.17, 15) is 9.59 Å². The van der Waals surface area contributed by atoms with Crippen molar-refractivity contribution >= 4 is 50.9 Å². The Kier molecular flexibility index (Phi) is 3.51. The SMILES string of the molecule is Cc1cc(C)cc(N2C(=O)CS[C@@]23C(=O)Nc2ccc(Br)cc23)c1. The zero-order chi connectivity index (χ0) is 17.1. The molecule has 2 aromatic rings. The van der Waals surface area contributed by atoms with Crippen molar-refractivity contribution in [1.82, 2.24) is 0 Å². The lowest BCUT2D eigenvalue weighted by Crippen LogP contribution is -2.47. The van der Waals surface area contributed by atoms with Gasteiger partial charge in [-0.05, 0) is 55.3 Å². The van der Waals surface area contributed by atoms with Gasteiger partial charge >= 0.3 is 0 Å². The number of carbonyl (C=O) groups excluding carboxylic acids is 2. The van der Waals surface area contributed by atoms with Gasteiger partial charge in [0.05, 0.1) is 5.75 Å². The first-order valence-electron chi connectivity index (χ1n) is 7.58. The smallest absolute Gasteiger partial charge is 0.266 e. The van der Waals surface area contributed by atoms with Crippen LogP contribution < -0.4 is 10.2 Å². The number of thioether (sulfide) groups is 1. The van der Waals surface area contributed by atoms with E-state index in [1.807, 2.05) is 44.2 Å². The maximum atomic E-state index is 12.9. The highest BCUT2D eigenvalue weighted by Gasteiger charge is 2.58. The van der Waals surface area contributed by atoms with E-state index in [0.717, 1.165) is 32.5 Å². The third-order valence-electron chi connectivity index (χ3n) is 4.34. The van der Waals surface area contributed by atoms with Crippen molar-refractivity contribution < 1.29 is 9.59 Å². The number of aryl methyl sites for hydroxylation is 2. The van der Waals surface area contributed by atoms with Gasteiger partial charge in [0, 0.05) is 21.4 Å². The van der Waals surface area contributed by atoms with Crippen molar-refractivity contribution in [2.24, 2.45) is 0 Å². The topological polar surface area (TPSA) is 49.4 Å².